The fraction of sp³-hybridized carbons (Fsp3) is 0.458. The number of nitrogens with one attached hydrogen (secondary N) is 1. The largest absolute Gasteiger partial charge is 0.475 e. The molecule has 2 fully saturated rings. The number of carbonyl (C=O) groups is 1. The lowest BCUT2D eigenvalue weighted by Crippen LogP contribution is -2.33. The smallest absolute Gasteiger partial charge is 0.227 e. The van der Waals surface area contributed by atoms with Gasteiger partial charge in [0, 0.05) is 30.8 Å². The second kappa shape index (κ2) is 8.86. The fourth-order valence-corrected chi connectivity index (χ4v) is 3.88. The molecule has 2 aromatic rings. The Hall–Kier alpha value is -2.89. The first-order valence-electron chi connectivity index (χ1n) is 10.8. The van der Waals surface area contributed by atoms with Crippen LogP contribution in [0.2, 0.25) is 0 Å². The molecule has 4 rings (SSSR count). The van der Waals surface area contributed by atoms with Gasteiger partial charge < -0.3 is 15.0 Å². The van der Waals surface area contributed by atoms with Crippen LogP contribution in [0.4, 0.5) is 5.82 Å². The topological polar surface area (TPSA) is 67.4 Å². The molecule has 0 spiro atoms. The Bertz CT molecular complexity index is 898. The quantitative estimate of drug-likeness (QED) is 0.748. The molecule has 0 unspecified atom stereocenters. The van der Waals surface area contributed by atoms with Crippen LogP contribution in [0.5, 0.6) is 5.88 Å². The molecule has 1 aliphatic carbocycles. The maximum atomic E-state index is 11.9. The number of anilines is 1. The van der Waals surface area contributed by atoms with Crippen molar-refractivity contribution in [3.8, 4) is 5.88 Å². The molecule has 6 heteroatoms. The summed E-state index contributed by atoms with van der Waals surface area (Å²) in [6.45, 7) is 9.92. The molecular formula is C24H30N4O2. The molecule has 1 aliphatic heterocycles. The van der Waals surface area contributed by atoms with Crippen molar-refractivity contribution in [2.24, 2.45) is 5.92 Å². The second-order valence-electron chi connectivity index (χ2n) is 8.51. The lowest BCUT2D eigenvalue weighted by atomic mass is 9.89. The summed E-state index contributed by atoms with van der Waals surface area (Å²) in [6, 6.07) is 10.4. The van der Waals surface area contributed by atoms with Gasteiger partial charge in [0.25, 0.3) is 0 Å². The van der Waals surface area contributed by atoms with Crippen molar-refractivity contribution in [1.82, 2.24) is 15.3 Å². The number of ether oxygens (including phenoxy) is 1. The Kier molecular flexibility index (Phi) is 6.02. The highest BCUT2D eigenvalue weighted by Crippen LogP contribution is 2.32. The Morgan fingerprint density at radius 2 is 1.83 bits per heavy atom. The maximum absolute atomic E-state index is 11.9. The lowest BCUT2D eigenvalue weighted by molar-refractivity contribution is -0.121. The van der Waals surface area contributed by atoms with E-state index >= 15 is 0 Å². The molecule has 1 saturated carbocycles. The molecule has 1 N–H and O–H groups in total. The summed E-state index contributed by atoms with van der Waals surface area (Å²) >= 11 is 0. The molecule has 0 bridgehead atoms. The minimum absolute atomic E-state index is 0.0968. The molecule has 158 valence electrons. The van der Waals surface area contributed by atoms with Crippen LogP contribution in [0.15, 0.2) is 43.2 Å². The van der Waals surface area contributed by atoms with Crippen LogP contribution in [-0.4, -0.2) is 35.1 Å². The molecule has 1 saturated heterocycles. The van der Waals surface area contributed by atoms with Crippen LogP contribution in [0.1, 0.15) is 56.6 Å². The number of hydrogen-bond donors (Lipinski definition) is 1. The highest BCUT2D eigenvalue weighted by molar-refractivity contribution is 5.89. The molecule has 1 aromatic carbocycles. The van der Waals surface area contributed by atoms with Crippen molar-refractivity contribution in [3.05, 3.63) is 54.4 Å². The highest BCUT2D eigenvalue weighted by atomic mass is 16.5. The molecule has 2 aliphatic rings. The van der Waals surface area contributed by atoms with Gasteiger partial charge in [-0.1, -0.05) is 30.8 Å². The van der Waals surface area contributed by atoms with E-state index in [0.717, 1.165) is 50.2 Å². The summed E-state index contributed by atoms with van der Waals surface area (Å²) in [5.41, 5.74) is 3.01. The summed E-state index contributed by atoms with van der Waals surface area (Å²) < 4.78 is 5.70. The number of aromatic nitrogens is 2. The van der Waals surface area contributed by atoms with Crippen molar-refractivity contribution >= 4 is 17.4 Å². The summed E-state index contributed by atoms with van der Waals surface area (Å²) in [5.74, 6) is 2.37. The average Bonchev–Trinajstić information content (AvgIpc) is 3.59. The van der Waals surface area contributed by atoms with Crippen LogP contribution in [0.3, 0.4) is 0 Å². The minimum atomic E-state index is 0.0968. The number of nitrogens with zero attached hydrogens (tertiary/aromatic N) is 3. The summed E-state index contributed by atoms with van der Waals surface area (Å²) in [4.78, 5) is 22.9. The van der Waals surface area contributed by atoms with Crippen LogP contribution < -0.4 is 15.0 Å². The number of hydrogen-bond acceptors (Lipinski definition) is 5. The van der Waals surface area contributed by atoms with E-state index in [9.17, 15) is 4.79 Å². The van der Waals surface area contributed by atoms with E-state index in [2.05, 4.69) is 51.0 Å². The Balaban J connectivity index is 1.32. The number of carbonyl (C=O) groups excluding carboxylic acids is 1. The summed E-state index contributed by atoms with van der Waals surface area (Å²) in [6.07, 6.45) is 5.81. The minimum Gasteiger partial charge on any atom is -0.475 e. The predicted molar refractivity (Wildman–Crippen MR) is 118 cm³/mol. The SMILES string of the molecule is C=C(NC(=O)C1CC1)c1ccc(C2CCN(c3cc(OC(C)C)ncn3)CC2)cc1. The first-order chi connectivity index (χ1) is 14.5. The van der Waals surface area contributed by atoms with Crippen molar-refractivity contribution in [3.63, 3.8) is 0 Å². The Labute approximate surface area is 178 Å². The number of benzene rings is 1. The van der Waals surface area contributed by atoms with E-state index < -0.39 is 0 Å². The molecule has 6 nitrogen and oxygen atoms in total. The highest BCUT2D eigenvalue weighted by Gasteiger charge is 2.30. The standard InChI is InChI=1S/C24H30N4O2/c1-16(2)30-23-14-22(25-15-26-23)28-12-10-20(11-13-28)19-6-4-18(5-7-19)17(3)27-24(29)21-8-9-21/h4-7,14-16,20-21H,3,8-13H2,1-2H3,(H,27,29). The fourth-order valence-electron chi connectivity index (χ4n) is 3.88. The van der Waals surface area contributed by atoms with Crippen molar-refractivity contribution in [2.75, 3.05) is 18.0 Å². The zero-order valence-corrected chi connectivity index (χ0v) is 17.8. The van der Waals surface area contributed by atoms with E-state index in [4.69, 9.17) is 4.74 Å². The van der Waals surface area contributed by atoms with Crippen molar-refractivity contribution < 1.29 is 9.53 Å². The average molecular weight is 407 g/mol. The Morgan fingerprint density at radius 1 is 1.13 bits per heavy atom. The van der Waals surface area contributed by atoms with Crippen molar-refractivity contribution in [1.29, 1.82) is 0 Å². The van der Waals surface area contributed by atoms with Crippen LogP contribution in [0.25, 0.3) is 5.70 Å². The van der Waals surface area contributed by atoms with Crippen LogP contribution >= 0.6 is 0 Å². The third-order valence-corrected chi connectivity index (χ3v) is 5.76. The van der Waals surface area contributed by atoms with Gasteiger partial charge in [-0.3, -0.25) is 4.79 Å². The van der Waals surface area contributed by atoms with Crippen LogP contribution in [-0.2, 0) is 4.79 Å². The van der Waals surface area contributed by atoms with E-state index in [-0.39, 0.29) is 17.9 Å². The molecule has 1 amide bonds. The van der Waals surface area contributed by atoms with Gasteiger partial charge >= 0.3 is 0 Å². The van der Waals surface area contributed by atoms with Gasteiger partial charge in [-0.15, -0.1) is 0 Å². The van der Waals surface area contributed by atoms with Gasteiger partial charge in [-0.05, 0) is 56.6 Å². The summed E-state index contributed by atoms with van der Waals surface area (Å²) in [7, 11) is 0. The van der Waals surface area contributed by atoms with Gasteiger partial charge in [-0.25, -0.2) is 9.97 Å². The van der Waals surface area contributed by atoms with E-state index in [1.807, 2.05) is 19.9 Å². The van der Waals surface area contributed by atoms with Gasteiger partial charge in [0.15, 0.2) is 0 Å². The van der Waals surface area contributed by atoms with Crippen LogP contribution in [0, 0.1) is 5.92 Å². The molecular weight excluding hydrogens is 376 g/mol. The molecule has 0 radical (unpaired) electrons. The lowest BCUT2D eigenvalue weighted by Gasteiger charge is -2.33. The normalized spacial score (nSPS) is 17.1. The van der Waals surface area contributed by atoms with Gasteiger partial charge in [0.1, 0.15) is 12.1 Å². The third-order valence-electron chi connectivity index (χ3n) is 5.76. The van der Waals surface area contributed by atoms with E-state index in [1.165, 1.54) is 5.56 Å². The molecule has 30 heavy (non-hydrogen) atoms. The zero-order chi connectivity index (χ0) is 21.1. The third kappa shape index (κ3) is 4.99. The number of rotatable bonds is 7. The maximum Gasteiger partial charge on any atom is 0.227 e. The van der Waals surface area contributed by atoms with Gasteiger partial charge in [-0.2, -0.15) is 0 Å². The molecule has 0 atom stereocenters. The van der Waals surface area contributed by atoms with Gasteiger partial charge in [0.05, 0.1) is 6.10 Å². The monoisotopic (exact) mass is 406 g/mol. The van der Waals surface area contributed by atoms with Crippen molar-refractivity contribution in [2.45, 2.75) is 51.6 Å². The predicted octanol–water partition coefficient (Wildman–Crippen LogP) is 4.14. The van der Waals surface area contributed by atoms with Gasteiger partial charge in [0.2, 0.25) is 11.8 Å². The first kappa shape index (κ1) is 20.4. The zero-order valence-electron chi connectivity index (χ0n) is 17.8. The van der Waals surface area contributed by atoms with E-state index in [1.54, 1.807) is 6.33 Å². The molecule has 2 heterocycles. The number of piperidine rings is 1. The Morgan fingerprint density at radius 3 is 2.47 bits per heavy atom. The second-order valence-corrected chi connectivity index (χ2v) is 8.51. The van der Waals surface area contributed by atoms with E-state index in [0.29, 0.717) is 17.5 Å². The molecule has 1 aromatic heterocycles. The summed E-state index contributed by atoms with van der Waals surface area (Å²) in [5, 5.41) is 2.93. The number of amides is 1. The first-order valence-corrected chi connectivity index (χ1v) is 10.8.